The SMILES string of the molecule is CCOC(=O)C1=C(C)OC(N)=C(C#N)[C@H]1c1cc2cc(C)c(C)cc2nc1Cl. The van der Waals surface area contributed by atoms with Gasteiger partial charge in [-0.2, -0.15) is 5.26 Å². The van der Waals surface area contributed by atoms with E-state index in [4.69, 9.17) is 26.8 Å². The summed E-state index contributed by atoms with van der Waals surface area (Å²) in [5.41, 5.74) is 9.66. The summed E-state index contributed by atoms with van der Waals surface area (Å²) in [7, 11) is 0. The van der Waals surface area contributed by atoms with Crippen LogP contribution in [-0.4, -0.2) is 17.6 Å². The van der Waals surface area contributed by atoms with Crippen LogP contribution in [-0.2, 0) is 14.3 Å². The second-order valence-electron chi connectivity index (χ2n) is 6.61. The molecule has 0 amide bonds. The third kappa shape index (κ3) is 3.30. The van der Waals surface area contributed by atoms with E-state index in [0.717, 1.165) is 22.0 Å². The first-order valence-electron chi connectivity index (χ1n) is 8.81. The molecule has 1 aromatic heterocycles. The lowest BCUT2D eigenvalue weighted by Gasteiger charge is -2.27. The highest BCUT2D eigenvalue weighted by Crippen LogP contribution is 2.42. The first kappa shape index (κ1) is 19.7. The van der Waals surface area contributed by atoms with Crippen LogP contribution in [0.2, 0.25) is 5.15 Å². The van der Waals surface area contributed by atoms with E-state index in [2.05, 4.69) is 4.98 Å². The van der Waals surface area contributed by atoms with Crippen molar-refractivity contribution < 1.29 is 14.3 Å². The Morgan fingerprint density at radius 1 is 1.32 bits per heavy atom. The van der Waals surface area contributed by atoms with Crippen molar-refractivity contribution in [2.45, 2.75) is 33.6 Å². The lowest BCUT2D eigenvalue weighted by Crippen LogP contribution is -2.26. The van der Waals surface area contributed by atoms with Crippen LogP contribution in [0.5, 0.6) is 0 Å². The number of carbonyl (C=O) groups excluding carboxylic acids is 1. The van der Waals surface area contributed by atoms with Crippen LogP contribution in [0, 0.1) is 25.2 Å². The van der Waals surface area contributed by atoms with E-state index in [1.54, 1.807) is 13.8 Å². The van der Waals surface area contributed by atoms with Gasteiger partial charge in [0.15, 0.2) is 0 Å². The second kappa shape index (κ2) is 7.53. The summed E-state index contributed by atoms with van der Waals surface area (Å²) in [6.07, 6.45) is 0. The molecule has 0 fully saturated rings. The van der Waals surface area contributed by atoms with Gasteiger partial charge < -0.3 is 15.2 Å². The van der Waals surface area contributed by atoms with Gasteiger partial charge in [0.2, 0.25) is 5.88 Å². The Labute approximate surface area is 168 Å². The first-order valence-corrected chi connectivity index (χ1v) is 9.19. The third-order valence-corrected chi connectivity index (χ3v) is 5.13. The number of pyridine rings is 1. The maximum absolute atomic E-state index is 12.6. The van der Waals surface area contributed by atoms with Crippen LogP contribution in [0.1, 0.15) is 36.5 Å². The molecule has 1 aliphatic rings. The van der Waals surface area contributed by atoms with Gasteiger partial charge in [-0.05, 0) is 57.0 Å². The molecule has 6 nitrogen and oxygen atoms in total. The van der Waals surface area contributed by atoms with Gasteiger partial charge >= 0.3 is 5.97 Å². The summed E-state index contributed by atoms with van der Waals surface area (Å²) in [6, 6.07) is 7.83. The normalized spacial score (nSPS) is 16.8. The van der Waals surface area contributed by atoms with Gasteiger partial charge in [0.25, 0.3) is 0 Å². The van der Waals surface area contributed by atoms with E-state index in [0.29, 0.717) is 5.56 Å². The zero-order valence-corrected chi connectivity index (χ0v) is 16.8. The molecule has 1 aromatic carbocycles. The maximum Gasteiger partial charge on any atom is 0.338 e. The van der Waals surface area contributed by atoms with Gasteiger partial charge in [-0.15, -0.1) is 0 Å². The highest BCUT2D eigenvalue weighted by Gasteiger charge is 2.37. The van der Waals surface area contributed by atoms with E-state index in [1.165, 1.54) is 0 Å². The topological polar surface area (TPSA) is 98.2 Å². The maximum atomic E-state index is 12.6. The molecule has 0 unspecified atom stereocenters. The van der Waals surface area contributed by atoms with Crippen LogP contribution in [0.4, 0.5) is 0 Å². The van der Waals surface area contributed by atoms with Gasteiger partial charge in [-0.25, -0.2) is 9.78 Å². The van der Waals surface area contributed by atoms with Gasteiger partial charge in [-0.1, -0.05) is 11.6 Å². The Balaban J connectivity index is 2.28. The van der Waals surface area contributed by atoms with Crippen molar-refractivity contribution in [2.24, 2.45) is 5.73 Å². The van der Waals surface area contributed by atoms with Crippen molar-refractivity contribution in [3.63, 3.8) is 0 Å². The molecule has 28 heavy (non-hydrogen) atoms. The predicted molar refractivity (Wildman–Crippen MR) is 106 cm³/mol. The Bertz CT molecular complexity index is 1100. The monoisotopic (exact) mass is 397 g/mol. The van der Waals surface area contributed by atoms with E-state index >= 15 is 0 Å². The van der Waals surface area contributed by atoms with Crippen LogP contribution in [0.25, 0.3) is 10.9 Å². The number of esters is 1. The average molecular weight is 398 g/mol. The highest BCUT2D eigenvalue weighted by atomic mass is 35.5. The minimum Gasteiger partial charge on any atom is -0.463 e. The Hall–Kier alpha value is -3.04. The van der Waals surface area contributed by atoms with E-state index < -0.39 is 11.9 Å². The van der Waals surface area contributed by atoms with Crippen molar-refractivity contribution in [2.75, 3.05) is 6.61 Å². The predicted octanol–water partition coefficient (Wildman–Crippen LogP) is 4.15. The zero-order valence-electron chi connectivity index (χ0n) is 16.1. The van der Waals surface area contributed by atoms with Crippen LogP contribution in [0.15, 0.2) is 41.0 Å². The average Bonchev–Trinajstić information content (AvgIpc) is 2.62. The molecule has 2 N–H and O–H groups in total. The van der Waals surface area contributed by atoms with E-state index in [1.807, 2.05) is 38.1 Å². The van der Waals surface area contributed by atoms with Crippen molar-refractivity contribution in [1.82, 2.24) is 4.98 Å². The minimum atomic E-state index is -0.816. The highest BCUT2D eigenvalue weighted by molar-refractivity contribution is 6.30. The lowest BCUT2D eigenvalue weighted by molar-refractivity contribution is -0.139. The molecular formula is C21H20ClN3O3. The molecule has 144 valence electrons. The number of hydrogen-bond acceptors (Lipinski definition) is 6. The molecule has 0 saturated heterocycles. The number of nitrogens with zero attached hydrogens (tertiary/aromatic N) is 2. The fourth-order valence-electron chi connectivity index (χ4n) is 3.30. The summed E-state index contributed by atoms with van der Waals surface area (Å²) in [4.78, 5) is 17.1. The van der Waals surface area contributed by atoms with Gasteiger partial charge in [0.05, 0.1) is 23.6 Å². The summed E-state index contributed by atoms with van der Waals surface area (Å²) >= 11 is 6.49. The zero-order chi connectivity index (χ0) is 20.6. The van der Waals surface area contributed by atoms with Crippen LogP contribution >= 0.6 is 11.6 Å². The second-order valence-corrected chi connectivity index (χ2v) is 6.97. The number of hydrogen-bond donors (Lipinski definition) is 1. The molecule has 0 saturated carbocycles. The number of fused-ring (bicyclic) bond motifs is 1. The number of rotatable bonds is 3. The smallest absolute Gasteiger partial charge is 0.338 e. The molecule has 0 radical (unpaired) electrons. The fraction of sp³-hybridized carbons (Fsp3) is 0.286. The minimum absolute atomic E-state index is 0.0608. The van der Waals surface area contributed by atoms with Crippen molar-refractivity contribution in [3.8, 4) is 6.07 Å². The number of aryl methyl sites for hydroxylation is 2. The molecule has 3 rings (SSSR count). The third-order valence-electron chi connectivity index (χ3n) is 4.82. The largest absolute Gasteiger partial charge is 0.463 e. The molecule has 2 heterocycles. The first-order chi connectivity index (χ1) is 13.3. The summed E-state index contributed by atoms with van der Waals surface area (Å²) < 4.78 is 10.6. The fourth-order valence-corrected chi connectivity index (χ4v) is 3.56. The number of nitrogens with two attached hydrogens (primary N) is 1. The van der Waals surface area contributed by atoms with Crippen molar-refractivity contribution in [3.05, 3.63) is 62.8 Å². The number of aromatic nitrogens is 1. The summed E-state index contributed by atoms with van der Waals surface area (Å²) in [5, 5.41) is 10.7. The van der Waals surface area contributed by atoms with Crippen LogP contribution < -0.4 is 5.73 Å². The van der Waals surface area contributed by atoms with E-state index in [-0.39, 0.29) is 34.5 Å². The standard InChI is InChI=1S/C21H20ClN3O3/c1-5-27-21(26)17-12(4)28-20(24)15(9-23)18(17)14-8-13-6-10(2)11(3)7-16(13)25-19(14)22/h6-8,18H,5,24H2,1-4H3/t18-/m1/s1. The number of ether oxygens (including phenoxy) is 2. The molecule has 0 spiro atoms. The molecular weight excluding hydrogens is 378 g/mol. The van der Waals surface area contributed by atoms with Gasteiger partial charge in [0.1, 0.15) is 22.6 Å². The Kier molecular flexibility index (Phi) is 5.30. The molecule has 0 aliphatic carbocycles. The number of benzene rings is 1. The number of carbonyl (C=O) groups is 1. The molecule has 0 bridgehead atoms. The molecule has 2 aromatic rings. The quantitative estimate of drug-likeness (QED) is 0.617. The van der Waals surface area contributed by atoms with Crippen molar-refractivity contribution in [1.29, 1.82) is 5.26 Å². The van der Waals surface area contributed by atoms with Crippen molar-refractivity contribution >= 4 is 28.5 Å². The molecule has 1 aliphatic heterocycles. The summed E-state index contributed by atoms with van der Waals surface area (Å²) in [6.45, 7) is 7.50. The molecule has 7 heteroatoms. The Morgan fingerprint density at radius 3 is 2.64 bits per heavy atom. The van der Waals surface area contributed by atoms with Crippen LogP contribution in [0.3, 0.4) is 0 Å². The van der Waals surface area contributed by atoms with Gasteiger partial charge in [0, 0.05) is 10.9 Å². The number of allylic oxidation sites excluding steroid dienone is 2. The number of halogens is 1. The number of nitriles is 1. The van der Waals surface area contributed by atoms with Gasteiger partial charge in [-0.3, -0.25) is 0 Å². The lowest BCUT2D eigenvalue weighted by atomic mass is 9.83. The molecule has 1 atom stereocenters. The summed E-state index contributed by atoms with van der Waals surface area (Å²) in [5.74, 6) is -1.18. The van der Waals surface area contributed by atoms with E-state index in [9.17, 15) is 10.1 Å². The Morgan fingerprint density at radius 2 is 2.00 bits per heavy atom.